The topological polar surface area (TPSA) is 55.4 Å². The molecule has 22 heavy (non-hydrogen) atoms. The van der Waals surface area contributed by atoms with Crippen LogP contribution in [0.5, 0.6) is 0 Å². The van der Waals surface area contributed by atoms with Crippen molar-refractivity contribution >= 4 is 27.9 Å². The fraction of sp³-hybridized carbons (Fsp3) is 0.692. The Kier molecular flexibility index (Phi) is 9.20. The minimum atomic E-state index is -3.00. The summed E-state index contributed by atoms with van der Waals surface area (Å²) in [6.45, 7) is 10.5. The van der Waals surface area contributed by atoms with Gasteiger partial charge in [-0.2, -0.15) is 0 Å². The molecule has 0 bridgehead atoms. The van der Waals surface area contributed by atoms with E-state index in [1.165, 1.54) is 0 Å². The summed E-state index contributed by atoms with van der Waals surface area (Å²) in [5, 5.41) is 1.49. The van der Waals surface area contributed by atoms with Gasteiger partial charge in [-0.25, -0.2) is 0 Å². The molecule has 0 radical (unpaired) electrons. The Morgan fingerprint density at radius 1 is 0.727 bits per heavy atom. The van der Waals surface area contributed by atoms with E-state index in [1.54, 1.807) is 42.7 Å². The maximum atomic E-state index is 5.56. The van der Waals surface area contributed by atoms with Crippen molar-refractivity contribution in [2.75, 3.05) is 42.7 Å². The Labute approximate surface area is 139 Å². The molecule has 0 N–H and O–H groups in total. The largest absolute Gasteiger partial charge is 0.532 e. The molecule has 0 rings (SSSR count). The predicted octanol–water partition coefficient (Wildman–Crippen LogP) is 0.723. The lowest BCUT2D eigenvalue weighted by molar-refractivity contribution is 0.125. The summed E-state index contributed by atoms with van der Waals surface area (Å²) in [6, 6.07) is 0. The highest BCUT2D eigenvalue weighted by Gasteiger charge is 2.52. The number of rotatable bonds is 11. The Balaban J connectivity index is 5.84. The Morgan fingerprint density at radius 3 is 1.09 bits per heavy atom. The van der Waals surface area contributed by atoms with Gasteiger partial charge in [-0.05, 0) is 15.9 Å². The van der Waals surface area contributed by atoms with Crippen LogP contribution < -0.4 is 0 Å². The van der Waals surface area contributed by atoms with E-state index < -0.39 is 17.6 Å². The Hall–Kier alpha value is -0.109. The summed E-state index contributed by atoms with van der Waals surface area (Å²) < 4.78 is 33.3. The smallest absolute Gasteiger partial charge is 0.374 e. The van der Waals surface area contributed by atoms with Crippen LogP contribution in [0.3, 0.4) is 0 Å². The van der Waals surface area contributed by atoms with Gasteiger partial charge in [0.15, 0.2) is 0 Å². The van der Waals surface area contributed by atoms with Gasteiger partial charge in [-0.1, -0.05) is 20.1 Å². The Morgan fingerprint density at radius 2 is 0.955 bits per heavy atom. The first kappa shape index (κ1) is 21.9. The minimum absolute atomic E-state index is 0.121. The summed E-state index contributed by atoms with van der Waals surface area (Å²) in [6.07, 6.45) is 0. The maximum absolute atomic E-state index is 5.56. The van der Waals surface area contributed by atoms with E-state index in [0.29, 0.717) is 5.54 Å². The van der Waals surface area contributed by atoms with Crippen molar-refractivity contribution in [3.05, 3.63) is 23.6 Å². The van der Waals surface area contributed by atoms with Gasteiger partial charge in [0, 0.05) is 58.8 Å². The van der Waals surface area contributed by atoms with Crippen LogP contribution in [0.25, 0.3) is 0 Å². The maximum Gasteiger partial charge on any atom is 0.532 e. The fourth-order valence-electron chi connectivity index (χ4n) is 2.68. The van der Waals surface area contributed by atoms with Crippen molar-refractivity contribution in [2.24, 2.45) is 5.92 Å². The van der Waals surface area contributed by atoms with Crippen LogP contribution in [0.2, 0.25) is 5.54 Å². The van der Waals surface area contributed by atoms with Gasteiger partial charge < -0.3 is 26.6 Å². The van der Waals surface area contributed by atoms with Gasteiger partial charge in [0.2, 0.25) is 0 Å². The summed E-state index contributed by atoms with van der Waals surface area (Å²) in [5.41, 5.74) is 0.305. The molecule has 0 spiro atoms. The van der Waals surface area contributed by atoms with Crippen LogP contribution in [0.4, 0.5) is 0 Å². The van der Waals surface area contributed by atoms with Gasteiger partial charge in [0.05, 0.1) is 0 Å². The monoisotopic (exact) mass is 366 g/mol. The third kappa shape index (κ3) is 4.04. The van der Waals surface area contributed by atoms with E-state index in [2.05, 4.69) is 20.1 Å². The van der Waals surface area contributed by atoms with Crippen molar-refractivity contribution in [1.29, 1.82) is 0 Å². The van der Waals surface area contributed by atoms with Crippen molar-refractivity contribution in [1.82, 2.24) is 0 Å². The second-order valence-corrected chi connectivity index (χ2v) is 12.9. The van der Waals surface area contributed by atoms with Crippen LogP contribution >= 0.6 is 0 Å². The summed E-state index contributed by atoms with van der Waals surface area (Å²) in [5.74, 6) is -0.121. The van der Waals surface area contributed by atoms with Gasteiger partial charge in [-0.3, -0.25) is 0 Å². The second-order valence-electron chi connectivity index (χ2n) is 5.11. The lowest BCUT2D eigenvalue weighted by Gasteiger charge is -2.37. The first-order chi connectivity index (χ1) is 10.3. The average molecular weight is 367 g/mol. The molecule has 0 aliphatic carbocycles. The van der Waals surface area contributed by atoms with E-state index in [9.17, 15) is 0 Å². The molecule has 130 valence electrons. The highest BCUT2D eigenvalue weighted by Crippen LogP contribution is 2.39. The highest BCUT2D eigenvalue weighted by molar-refractivity contribution is 6.71. The SMILES string of the molecule is C=C(C(C(=C)[Si](OC)(OC)OC)C(C)[SiH3])[Si](OC)(OC)OC. The molecule has 0 aromatic heterocycles. The second kappa shape index (κ2) is 9.25. The van der Waals surface area contributed by atoms with E-state index in [1.807, 2.05) is 0 Å². The molecule has 1 atom stereocenters. The molecule has 0 heterocycles. The van der Waals surface area contributed by atoms with Crippen LogP contribution in [0.15, 0.2) is 23.6 Å². The number of hydrogen-bond acceptors (Lipinski definition) is 6. The van der Waals surface area contributed by atoms with Crippen LogP contribution in [-0.4, -0.2) is 70.5 Å². The lowest BCUT2D eigenvalue weighted by Crippen LogP contribution is -2.53. The summed E-state index contributed by atoms with van der Waals surface area (Å²) in [4.78, 5) is 0. The van der Waals surface area contributed by atoms with Gasteiger partial charge in [-0.15, -0.1) is 0 Å². The molecule has 1 unspecified atom stereocenters. The first-order valence-electron chi connectivity index (χ1n) is 6.95. The highest BCUT2D eigenvalue weighted by atomic mass is 28.4. The summed E-state index contributed by atoms with van der Waals surface area (Å²) >= 11 is 0. The minimum Gasteiger partial charge on any atom is -0.374 e. The fourth-order valence-corrected chi connectivity index (χ4v) is 8.65. The average Bonchev–Trinajstić information content (AvgIpc) is 2.52. The predicted molar refractivity (Wildman–Crippen MR) is 94.7 cm³/mol. The van der Waals surface area contributed by atoms with Crippen molar-refractivity contribution in [3.8, 4) is 0 Å². The molecule has 0 saturated carbocycles. The van der Waals surface area contributed by atoms with E-state index in [-0.39, 0.29) is 5.92 Å². The van der Waals surface area contributed by atoms with Crippen molar-refractivity contribution in [2.45, 2.75) is 12.5 Å². The molecule has 0 aromatic rings. The zero-order chi connectivity index (χ0) is 17.6. The molecule has 0 aromatic carbocycles. The van der Waals surface area contributed by atoms with Crippen LogP contribution in [0, 0.1) is 5.92 Å². The Bertz CT molecular complexity index is 331. The van der Waals surface area contributed by atoms with Gasteiger partial charge >= 0.3 is 17.6 Å². The molecule has 6 nitrogen and oxygen atoms in total. The molecule has 9 heteroatoms. The van der Waals surface area contributed by atoms with Crippen LogP contribution in [0.1, 0.15) is 6.92 Å². The molecule has 0 fully saturated rings. The molecule has 0 aliphatic heterocycles. The zero-order valence-electron chi connectivity index (χ0n) is 15.0. The molecule has 0 aliphatic rings. The molecular formula is C13H30O6Si3. The third-order valence-corrected chi connectivity index (χ3v) is 9.90. The van der Waals surface area contributed by atoms with Crippen molar-refractivity contribution in [3.63, 3.8) is 0 Å². The van der Waals surface area contributed by atoms with E-state index in [4.69, 9.17) is 26.6 Å². The molecular weight excluding hydrogens is 336 g/mol. The standard InChI is InChI=1S/C13H30O6Si3/c1-10(20)13(11(2)21(14-4,15-5)16-6)12(3)22(17-7,18-8)19-9/h10,13H,2-3H2,1,4-9,20H3. The lowest BCUT2D eigenvalue weighted by atomic mass is 10.1. The van der Waals surface area contributed by atoms with Gasteiger partial charge in [0.1, 0.15) is 0 Å². The molecule has 0 amide bonds. The van der Waals surface area contributed by atoms with E-state index in [0.717, 1.165) is 20.6 Å². The van der Waals surface area contributed by atoms with E-state index >= 15 is 0 Å². The van der Waals surface area contributed by atoms with Gasteiger partial charge in [0.25, 0.3) is 0 Å². The normalized spacial score (nSPS) is 14.4. The summed E-state index contributed by atoms with van der Waals surface area (Å²) in [7, 11) is 4.30. The number of allylic oxidation sites excluding steroid dienone is 2. The first-order valence-corrected chi connectivity index (χ1v) is 11.6. The number of hydrogen-bond donors (Lipinski definition) is 0. The van der Waals surface area contributed by atoms with Crippen LogP contribution in [-0.2, 0) is 26.6 Å². The molecule has 0 saturated heterocycles. The third-order valence-electron chi connectivity index (χ3n) is 3.82. The zero-order valence-corrected chi connectivity index (χ0v) is 19.0. The quantitative estimate of drug-likeness (QED) is 0.502. The van der Waals surface area contributed by atoms with Crippen molar-refractivity contribution < 1.29 is 26.6 Å².